The zero-order valence-electron chi connectivity index (χ0n) is 17.5. The Labute approximate surface area is 166 Å². The minimum absolute atomic E-state index is 0.276. The minimum Gasteiger partial charge on any atom is -0.491 e. The Morgan fingerprint density at radius 3 is 2.15 bits per heavy atom. The van der Waals surface area contributed by atoms with E-state index in [4.69, 9.17) is 4.74 Å². The summed E-state index contributed by atoms with van der Waals surface area (Å²) >= 11 is 0. The smallest absolute Gasteiger partial charge is 0.119 e. The molecule has 0 bridgehead atoms. The van der Waals surface area contributed by atoms with E-state index in [1.807, 2.05) is 6.20 Å². The third-order valence-corrected chi connectivity index (χ3v) is 5.10. The number of aromatic nitrogens is 1. The standard InChI is InChI=1S/C25H37NO/c1-4-6-8-10-12-21(3)27-24-17-15-23(16-18-24)25-19-14-22(20-26-25)13-11-9-7-5-2/h14-21H,4-13H2,1-3H3/t21-/m0/s1. The summed E-state index contributed by atoms with van der Waals surface area (Å²) in [6, 6.07) is 12.7. The van der Waals surface area contributed by atoms with Gasteiger partial charge in [-0.3, -0.25) is 4.98 Å². The first kappa shape index (κ1) is 21.5. The number of ether oxygens (including phenoxy) is 1. The Hall–Kier alpha value is -1.83. The van der Waals surface area contributed by atoms with Crippen LogP contribution in [0.2, 0.25) is 0 Å². The highest BCUT2D eigenvalue weighted by Gasteiger charge is 2.05. The van der Waals surface area contributed by atoms with Crippen LogP contribution in [0.4, 0.5) is 0 Å². The van der Waals surface area contributed by atoms with Gasteiger partial charge in [0.05, 0.1) is 11.8 Å². The molecular formula is C25H37NO. The molecule has 2 aromatic rings. The van der Waals surface area contributed by atoms with Crippen LogP contribution >= 0.6 is 0 Å². The van der Waals surface area contributed by atoms with Crippen molar-refractivity contribution in [3.8, 4) is 17.0 Å². The molecule has 1 heterocycles. The topological polar surface area (TPSA) is 22.1 Å². The first-order chi connectivity index (χ1) is 13.2. The predicted octanol–water partition coefficient (Wildman–Crippen LogP) is 7.61. The van der Waals surface area contributed by atoms with Crippen molar-refractivity contribution in [2.45, 2.75) is 91.1 Å². The first-order valence-corrected chi connectivity index (χ1v) is 10.9. The Balaban J connectivity index is 1.82. The van der Waals surface area contributed by atoms with Crippen LogP contribution in [0.15, 0.2) is 42.6 Å². The van der Waals surface area contributed by atoms with Crippen LogP contribution in [-0.4, -0.2) is 11.1 Å². The van der Waals surface area contributed by atoms with Crippen molar-refractivity contribution in [1.29, 1.82) is 0 Å². The monoisotopic (exact) mass is 367 g/mol. The molecule has 0 spiro atoms. The largest absolute Gasteiger partial charge is 0.491 e. The van der Waals surface area contributed by atoms with Gasteiger partial charge < -0.3 is 4.74 Å². The number of hydrogen-bond acceptors (Lipinski definition) is 2. The van der Waals surface area contributed by atoms with E-state index in [1.165, 1.54) is 56.9 Å². The summed E-state index contributed by atoms with van der Waals surface area (Å²) < 4.78 is 6.05. The SMILES string of the molecule is CCCCCCc1ccc(-c2ccc(O[C@@H](C)CCCCCC)cc2)nc1. The molecule has 2 rings (SSSR count). The van der Waals surface area contributed by atoms with Crippen molar-refractivity contribution in [2.75, 3.05) is 0 Å². The van der Waals surface area contributed by atoms with E-state index >= 15 is 0 Å². The van der Waals surface area contributed by atoms with Gasteiger partial charge in [0, 0.05) is 11.8 Å². The molecule has 0 aliphatic rings. The van der Waals surface area contributed by atoms with Crippen molar-refractivity contribution in [3.05, 3.63) is 48.2 Å². The lowest BCUT2D eigenvalue weighted by Crippen LogP contribution is -2.11. The number of unbranched alkanes of at least 4 members (excludes halogenated alkanes) is 6. The molecule has 1 aromatic carbocycles. The zero-order chi connectivity index (χ0) is 19.3. The minimum atomic E-state index is 0.276. The second-order valence-corrected chi connectivity index (χ2v) is 7.66. The van der Waals surface area contributed by atoms with Gasteiger partial charge in [0.15, 0.2) is 0 Å². The number of pyridine rings is 1. The average Bonchev–Trinajstić information content (AvgIpc) is 2.70. The first-order valence-electron chi connectivity index (χ1n) is 10.9. The molecule has 27 heavy (non-hydrogen) atoms. The van der Waals surface area contributed by atoms with E-state index in [9.17, 15) is 0 Å². The summed E-state index contributed by atoms with van der Waals surface area (Å²) in [5.74, 6) is 0.953. The van der Waals surface area contributed by atoms with Gasteiger partial charge in [0.25, 0.3) is 0 Å². The fourth-order valence-corrected chi connectivity index (χ4v) is 3.35. The molecule has 1 atom stereocenters. The second-order valence-electron chi connectivity index (χ2n) is 7.66. The molecule has 0 N–H and O–H groups in total. The van der Waals surface area contributed by atoms with Crippen LogP contribution in [0.25, 0.3) is 11.3 Å². The maximum Gasteiger partial charge on any atom is 0.119 e. The third-order valence-electron chi connectivity index (χ3n) is 5.10. The Morgan fingerprint density at radius 1 is 0.815 bits per heavy atom. The van der Waals surface area contributed by atoms with E-state index in [0.29, 0.717) is 0 Å². The van der Waals surface area contributed by atoms with Gasteiger partial charge in [-0.1, -0.05) is 58.4 Å². The number of nitrogens with zero attached hydrogens (tertiary/aromatic N) is 1. The van der Waals surface area contributed by atoms with E-state index in [-0.39, 0.29) is 6.10 Å². The summed E-state index contributed by atoms with van der Waals surface area (Å²) in [5.41, 5.74) is 3.52. The molecular weight excluding hydrogens is 330 g/mol. The van der Waals surface area contributed by atoms with Crippen molar-refractivity contribution in [1.82, 2.24) is 4.98 Å². The highest BCUT2D eigenvalue weighted by atomic mass is 16.5. The molecule has 2 nitrogen and oxygen atoms in total. The molecule has 0 radical (unpaired) electrons. The van der Waals surface area contributed by atoms with Crippen LogP contribution in [-0.2, 0) is 6.42 Å². The van der Waals surface area contributed by atoms with Gasteiger partial charge in [0.2, 0.25) is 0 Å². The van der Waals surface area contributed by atoms with E-state index in [2.05, 4.69) is 62.2 Å². The molecule has 0 saturated carbocycles. The van der Waals surface area contributed by atoms with Crippen molar-refractivity contribution < 1.29 is 4.74 Å². The molecule has 0 saturated heterocycles. The summed E-state index contributed by atoms with van der Waals surface area (Å²) in [5, 5.41) is 0. The third kappa shape index (κ3) is 8.15. The molecule has 0 aliphatic heterocycles. The number of benzene rings is 1. The lowest BCUT2D eigenvalue weighted by molar-refractivity contribution is 0.206. The summed E-state index contributed by atoms with van der Waals surface area (Å²) in [6.45, 7) is 6.67. The van der Waals surface area contributed by atoms with Gasteiger partial charge in [-0.05, 0) is 68.5 Å². The fraction of sp³-hybridized carbons (Fsp3) is 0.560. The summed E-state index contributed by atoms with van der Waals surface area (Å²) in [6.07, 6.45) is 14.9. The highest BCUT2D eigenvalue weighted by molar-refractivity contribution is 5.60. The molecule has 1 aromatic heterocycles. The van der Waals surface area contributed by atoms with Gasteiger partial charge in [-0.2, -0.15) is 0 Å². The van der Waals surface area contributed by atoms with Gasteiger partial charge >= 0.3 is 0 Å². The van der Waals surface area contributed by atoms with Gasteiger partial charge in [-0.25, -0.2) is 0 Å². The van der Waals surface area contributed by atoms with Crippen LogP contribution in [0, 0.1) is 0 Å². The fourth-order valence-electron chi connectivity index (χ4n) is 3.35. The Morgan fingerprint density at radius 2 is 1.52 bits per heavy atom. The normalized spacial score (nSPS) is 12.1. The van der Waals surface area contributed by atoms with Crippen molar-refractivity contribution in [2.24, 2.45) is 0 Å². The van der Waals surface area contributed by atoms with E-state index in [0.717, 1.165) is 29.8 Å². The molecule has 2 heteroatoms. The summed E-state index contributed by atoms with van der Waals surface area (Å²) in [7, 11) is 0. The summed E-state index contributed by atoms with van der Waals surface area (Å²) in [4.78, 5) is 4.66. The van der Waals surface area contributed by atoms with E-state index in [1.54, 1.807) is 0 Å². The maximum atomic E-state index is 6.05. The number of rotatable bonds is 13. The predicted molar refractivity (Wildman–Crippen MR) is 116 cm³/mol. The maximum absolute atomic E-state index is 6.05. The number of hydrogen-bond donors (Lipinski definition) is 0. The average molecular weight is 368 g/mol. The quantitative estimate of drug-likeness (QED) is 0.340. The Kier molecular flexibility index (Phi) is 9.97. The van der Waals surface area contributed by atoms with E-state index < -0.39 is 0 Å². The molecule has 0 unspecified atom stereocenters. The second kappa shape index (κ2) is 12.5. The molecule has 0 fully saturated rings. The Bertz CT molecular complexity index is 618. The van der Waals surface area contributed by atoms with Gasteiger partial charge in [0.1, 0.15) is 5.75 Å². The van der Waals surface area contributed by atoms with Crippen LogP contribution in [0.1, 0.15) is 84.1 Å². The molecule has 148 valence electrons. The van der Waals surface area contributed by atoms with Crippen LogP contribution in [0.5, 0.6) is 5.75 Å². The van der Waals surface area contributed by atoms with Crippen molar-refractivity contribution >= 4 is 0 Å². The molecule has 0 aliphatic carbocycles. The zero-order valence-corrected chi connectivity index (χ0v) is 17.5. The van der Waals surface area contributed by atoms with Crippen LogP contribution in [0.3, 0.4) is 0 Å². The lowest BCUT2D eigenvalue weighted by Gasteiger charge is -2.15. The van der Waals surface area contributed by atoms with Gasteiger partial charge in [-0.15, -0.1) is 0 Å². The van der Waals surface area contributed by atoms with Crippen molar-refractivity contribution in [3.63, 3.8) is 0 Å². The van der Waals surface area contributed by atoms with Crippen LogP contribution < -0.4 is 4.74 Å². The number of aryl methyl sites for hydroxylation is 1. The lowest BCUT2D eigenvalue weighted by atomic mass is 10.1. The highest BCUT2D eigenvalue weighted by Crippen LogP contribution is 2.22. The molecule has 0 amide bonds.